The summed E-state index contributed by atoms with van der Waals surface area (Å²) in [6.45, 7) is 0.324. The molecular weight excluding hydrogens is 241 g/mol. The molecule has 0 aliphatic heterocycles. The summed E-state index contributed by atoms with van der Waals surface area (Å²) < 4.78 is 14.6. The Labute approximate surface area is 102 Å². The quantitative estimate of drug-likeness (QED) is 0.826. The van der Waals surface area contributed by atoms with Gasteiger partial charge in [-0.05, 0) is 33.7 Å². The molecule has 2 rings (SSSR count). The highest BCUT2D eigenvalue weighted by molar-refractivity contribution is 7.98. The normalized spacial score (nSPS) is 10.8. The molecule has 17 heavy (non-hydrogen) atoms. The number of aromatic nitrogens is 4. The monoisotopic (exact) mass is 253 g/mol. The molecule has 0 unspecified atom stereocenters. The van der Waals surface area contributed by atoms with Crippen LogP contribution in [0.25, 0.3) is 0 Å². The lowest BCUT2D eigenvalue weighted by Crippen LogP contribution is -2.02. The summed E-state index contributed by atoms with van der Waals surface area (Å²) in [5.74, 6) is 0.403. The maximum atomic E-state index is 13.0. The van der Waals surface area contributed by atoms with E-state index in [1.807, 2.05) is 0 Å². The van der Waals surface area contributed by atoms with Gasteiger partial charge in [0.1, 0.15) is 5.82 Å². The second-order valence-electron chi connectivity index (χ2n) is 3.49. The summed E-state index contributed by atoms with van der Waals surface area (Å²) in [6, 6.07) is 4.64. The van der Waals surface area contributed by atoms with E-state index in [9.17, 15) is 4.39 Å². The molecule has 1 aromatic carbocycles. The number of thioether (sulfide) groups is 1. The third-order valence-corrected chi connectivity index (χ3v) is 3.39. The molecule has 0 aliphatic rings. The first-order valence-electron chi connectivity index (χ1n) is 5.03. The summed E-state index contributed by atoms with van der Waals surface area (Å²) in [5.41, 5.74) is 7.39. The zero-order valence-electron chi connectivity index (χ0n) is 9.30. The van der Waals surface area contributed by atoms with Gasteiger partial charge in [0, 0.05) is 19.3 Å². The van der Waals surface area contributed by atoms with Gasteiger partial charge in [0.2, 0.25) is 5.16 Å². The molecule has 1 heterocycles. The van der Waals surface area contributed by atoms with Crippen molar-refractivity contribution >= 4 is 11.8 Å². The Morgan fingerprint density at radius 3 is 2.88 bits per heavy atom. The van der Waals surface area contributed by atoms with E-state index in [2.05, 4.69) is 15.5 Å². The minimum absolute atomic E-state index is 0.264. The molecule has 0 radical (unpaired) electrons. The molecule has 0 bridgehead atoms. The molecule has 2 aromatic rings. The van der Waals surface area contributed by atoms with E-state index in [4.69, 9.17) is 5.73 Å². The molecule has 0 amide bonds. The van der Waals surface area contributed by atoms with Crippen LogP contribution in [0.3, 0.4) is 0 Å². The molecule has 7 heteroatoms. The van der Waals surface area contributed by atoms with Gasteiger partial charge in [0.25, 0.3) is 0 Å². The summed E-state index contributed by atoms with van der Waals surface area (Å²) in [7, 11) is 1.77. The number of hydrogen-bond donors (Lipinski definition) is 1. The molecule has 0 aliphatic carbocycles. The number of tetrazole rings is 1. The molecule has 0 saturated carbocycles. The fraction of sp³-hybridized carbons (Fsp3) is 0.300. The second-order valence-corrected chi connectivity index (χ2v) is 4.43. The van der Waals surface area contributed by atoms with Gasteiger partial charge >= 0.3 is 0 Å². The van der Waals surface area contributed by atoms with E-state index >= 15 is 0 Å². The fourth-order valence-electron chi connectivity index (χ4n) is 1.41. The average molecular weight is 253 g/mol. The van der Waals surface area contributed by atoms with E-state index in [0.29, 0.717) is 12.3 Å². The van der Waals surface area contributed by atoms with Crippen LogP contribution < -0.4 is 5.73 Å². The Hall–Kier alpha value is -1.47. The SMILES string of the molecule is Cn1nnnc1SCc1ccc(F)cc1CN. The van der Waals surface area contributed by atoms with Crippen molar-refractivity contribution in [2.24, 2.45) is 12.8 Å². The molecule has 0 saturated heterocycles. The van der Waals surface area contributed by atoms with Crippen LogP contribution in [0.2, 0.25) is 0 Å². The molecule has 0 fully saturated rings. The lowest BCUT2D eigenvalue weighted by Gasteiger charge is -2.06. The smallest absolute Gasteiger partial charge is 0.209 e. The summed E-state index contributed by atoms with van der Waals surface area (Å²) >= 11 is 1.49. The van der Waals surface area contributed by atoms with Crippen molar-refractivity contribution in [1.82, 2.24) is 20.2 Å². The van der Waals surface area contributed by atoms with Gasteiger partial charge in [0.15, 0.2) is 0 Å². The third-order valence-electron chi connectivity index (χ3n) is 2.33. The van der Waals surface area contributed by atoms with E-state index in [1.54, 1.807) is 17.8 Å². The minimum atomic E-state index is -0.264. The largest absolute Gasteiger partial charge is 0.326 e. The number of nitrogens with zero attached hydrogens (tertiary/aromatic N) is 4. The second kappa shape index (κ2) is 5.24. The molecule has 5 nitrogen and oxygen atoms in total. The predicted octanol–water partition coefficient (Wildman–Crippen LogP) is 1.10. The van der Waals surface area contributed by atoms with Crippen LogP contribution in [0.4, 0.5) is 4.39 Å². The van der Waals surface area contributed by atoms with Crippen molar-refractivity contribution in [3.8, 4) is 0 Å². The molecular formula is C10H12FN5S. The topological polar surface area (TPSA) is 69.6 Å². The summed E-state index contributed by atoms with van der Waals surface area (Å²) in [5, 5.41) is 11.9. The number of halogens is 1. The number of benzene rings is 1. The first-order valence-corrected chi connectivity index (χ1v) is 6.02. The molecule has 90 valence electrons. The van der Waals surface area contributed by atoms with Crippen molar-refractivity contribution in [2.75, 3.05) is 0 Å². The van der Waals surface area contributed by atoms with Gasteiger partial charge in [-0.15, -0.1) is 5.10 Å². The van der Waals surface area contributed by atoms with Gasteiger partial charge in [-0.3, -0.25) is 0 Å². The van der Waals surface area contributed by atoms with E-state index in [1.165, 1.54) is 23.9 Å². The molecule has 0 atom stereocenters. The zero-order chi connectivity index (χ0) is 12.3. The van der Waals surface area contributed by atoms with Crippen molar-refractivity contribution in [3.63, 3.8) is 0 Å². The van der Waals surface area contributed by atoms with Crippen LogP contribution >= 0.6 is 11.8 Å². The zero-order valence-corrected chi connectivity index (χ0v) is 10.1. The molecule has 1 aromatic heterocycles. The van der Waals surface area contributed by atoms with Gasteiger partial charge in [0.05, 0.1) is 0 Å². The number of aryl methyl sites for hydroxylation is 1. The summed E-state index contributed by atoms with van der Waals surface area (Å²) in [4.78, 5) is 0. The maximum Gasteiger partial charge on any atom is 0.209 e. The summed E-state index contributed by atoms with van der Waals surface area (Å²) in [6.07, 6.45) is 0. The Morgan fingerprint density at radius 2 is 2.24 bits per heavy atom. The van der Waals surface area contributed by atoms with Crippen LogP contribution in [-0.2, 0) is 19.3 Å². The first-order chi connectivity index (χ1) is 8.20. The first kappa shape index (κ1) is 12.0. The highest BCUT2D eigenvalue weighted by atomic mass is 32.2. The van der Waals surface area contributed by atoms with Crippen molar-refractivity contribution in [2.45, 2.75) is 17.5 Å². The van der Waals surface area contributed by atoms with Gasteiger partial charge in [-0.1, -0.05) is 17.8 Å². The van der Waals surface area contributed by atoms with E-state index < -0.39 is 0 Å². The van der Waals surface area contributed by atoms with Crippen LogP contribution in [0, 0.1) is 5.82 Å². The fourth-order valence-corrected chi connectivity index (χ4v) is 2.29. The van der Waals surface area contributed by atoms with Gasteiger partial charge < -0.3 is 5.73 Å². The van der Waals surface area contributed by atoms with E-state index in [-0.39, 0.29) is 5.82 Å². The standard InChI is InChI=1S/C10H12FN5S/c1-16-10(13-14-15-16)17-6-7-2-3-9(11)4-8(7)5-12/h2-4H,5-6,12H2,1H3. The Kier molecular flexibility index (Phi) is 3.70. The lowest BCUT2D eigenvalue weighted by atomic mass is 10.1. The van der Waals surface area contributed by atoms with E-state index in [0.717, 1.165) is 16.3 Å². The Balaban J connectivity index is 2.11. The number of rotatable bonds is 4. The third kappa shape index (κ3) is 2.80. The average Bonchev–Trinajstić information content (AvgIpc) is 2.73. The maximum absolute atomic E-state index is 13.0. The number of nitrogens with two attached hydrogens (primary N) is 1. The highest BCUT2D eigenvalue weighted by Crippen LogP contribution is 2.22. The van der Waals surface area contributed by atoms with Crippen LogP contribution in [0.1, 0.15) is 11.1 Å². The van der Waals surface area contributed by atoms with Crippen molar-refractivity contribution < 1.29 is 4.39 Å². The Bertz CT molecular complexity index is 513. The number of hydrogen-bond acceptors (Lipinski definition) is 5. The van der Waals surface area contributed by atoms with Crippen molar-refractivity contribution in [3.05, 3.63) is 35.1 Å². The highest BCUT2D eigenvalue weighted by Gasteiger charge is 2.07. The molecule has 2 N–H and O–H groups in total. The lowest BCUT2D eigenvalue weighted by molar-refractivity contribution is 0.624. The molecule has 0 spiro atoms. The van der Waals surface area contributed by atoms with Crippen LogP contribution in [0.5, 0.6) is 0 Å². The van der Waals surface area contributed by atoms with Crippen LogP contribution in [-0.4, -0.2) is 20.2 Å². The van der Waals surface area contributed by atoms with Gasteiger partial charge in [-0.2, -0.15) is 0 Å². The Morgan fingerprint density at radius 1 is 1.41 bits per heavy atom. The van der Waals surface area contributed by atoms with Gasteiger partial charge in [-0.25, -0.2) is 9.07 Å². The van der Waals surface area contributed by atoms with Crippen LogP contribution in [0.15, 0.2) is 23.4 Å². The predicted molar refractivity (Wildman–Crippen MR) is 62.7 cm³/mol. The minimum Gasteiger partial charge on any atom is -0.326 e. The van der Waals surface area contributed by atoms with Crippen molar-refractivity contribution in [1.29, 1.82) is 0 Å².